The van der Waals surface area contributed by atoms with Gasteiger partial charge in [0.25, 0.3) is 5.91 Å². The molecule has 142 valence electrons. The molecule has 0 aliphatic carbocycles. The van der Waals surface area contributed by atoms with Crippen LogP contribution in [0.4, 0.5) is 0 Å². The zero-order valence-corrected chi connectivity index (χ0v) is 14.6. The number of carbonyl (C=O) groups is 4. The van der Waals surface area contributed by atoms with Crippen molar-refractivity contribution in [2.45, 2.75) is 25.4 Å². The van der Waals surface area contributed by atoms with Gasteiger partial charge in [0, 0.05) is 18.3 Å². The fourth-order valence-electron chi connectivity index (χ4n) is 2.49. The van der Waals surface area contributed by atoms with Gasteiger partial charge in [-0.3, -0.25) is 14.4 Å². The minimum Gasteiger partial charge on any atom is -0.480 e. The van der Waals surface area contributed by atoms with Gasteiger partial charge in [-0.25, -0.2) is 4.98 Å². The maximum atomic E-state index is 12.2. The van der Waals surface area contributed by atoms with E-state index < -0.39 is 35.7 Å². The van der Waals surface area contributed by atoms with Crippen molar-refractivity contribution in [3.63, 3.8) is 0 Å². The van der Waals surface area contributed by atoms with Crippen LogP contribution in [-0.2, 0) is 20.8 Å². The number of carboxylic acids is 1. The number of nitrogens with zero attached hydrogens (tertiary/aromatic N) is 1. The van der Waals surface area contributed by atoms with Crippen LogP contribution in [-0.4, -0.2) is 51.1 Å². The lowest BCUT2D eigenvalue weighted by atomic mass is 9.93. The molecule has 3 unspecified atom stereocenters. The van der Waals surface area contributed by atoms with E-state index in [1.54, 1.807) is 0 Å². The number of nitrogens with one attached hydrogen (secondary N) is 2. The molecular formula is C18H20N4O5. The SMILES string of the molecule is CC(NC(=O)c1ncc(Cc2ccccc2)[nH]1)C(=O)C(C=O)C(N)C(=O)O. The number of aromatic amines is 1. The smallest absolute Gasteiger partial charge is 0.321 e. The molecule has 5 N–H and O–H groups in total. The van der Waals surface area contributed by atoms with Gasteiger partial charge in [0.1, 0.15) is 18.2 Å². The van der Waals surface area contributed by atoms with E-state index >= 15 is 0 Å². The fraction of sp³-hybridized carbons (Fsp3) is 0.278. The highest BCUT2D eigenvalue weighted by Crippen LogP contribution is 2.08. The average molecular weight is 372 g/mol. The maximum absolute atomic E-state index is 12.2. The number of hydrogen-bond donors (Lipinski definition) is 4. The van der Waals surface area contributed by atoms with Crippen molar-refractivity contribution in [2.75, 3.05) is 0 Å². The highest BCUT2D eigenvalue weighted by molar-refractivity contribution is 6.03. The number of ketones is 1. The van der Waals surface area contributed by atoms with E-state index in [2.05, 4.69) is 15.3 Å². The van der Waals surface area contributed by atoms with Crippen molar-refractivity contribution in [1.29, 1.82) is 0 Å². The van der Waals surface area contributed by atoms with Gasteiger partial charge in [-0.15, -0.1) is 0 Å². The molecule has 1 amide bonds. The molecule has 0 radical (unpaired) electrons. The van der Waals surface area contributed by atoms with Crippen molar-refractivity contribution < 1.29 is 24.3 Å². The average Bonchev–Trinajstić information content (AvgIpc) is 3.11. The number of aromatic nitrogens is 2. The lowest BCUT2D eigenvalue weighted by molar-refractivity contribution is -0.144. The number of carbonyl (C=O) groups excluding carboxylic acids is 3. The highest BCUT2D eigenvalue weighted by atomic mass is 16.4. The second-order valence-electron chi connectivity index (χ2n) is 6.04. The number of hydrogen-bond acceptors (Lipinski definition) is 6. The van der Waals surface area contributed by atoms with Crippen LogP contribution in [0.5, 0.6) is 0 Å². The minimum absolute atomic E-state index is 0.00534. The Kier molecular flexibility index (Phi) is 6.56. The topological polar surface area (TPSA) is 155 Å². The number of rotatable bonds is 9. The van der Waals surface area contributed by atoms with Crippen LogP contribution < -0.4 is 11.1 Å². The van der Waals surface area contributed by atoms with Gasteiger partial charge in [-0.2, -0.15) is 0 Å². The summed E-state index contributed by atoms with van der Waals surface area (Å²) in [6.45, 7) is 1.35. The number of benzene rings is 1. The number of H-pyrrole nitrogens is 1. The molecule has 0 spiro atoms. The van der Waals surface area contributed by atoms with Crippen LogP contribution in [0, 0.1) is 5.92 Å². The predicted octanol–water partition coefficient (Wildman–Crippen LogP) is -0.0851. The van der Waals surface area contributed by atoms with E-state index in [-0.39, 0.29) is 12.1 Å². The first kappa shape index (κ1) is 20.0. The lowest BCUT2D eigenvalue weighted by Crippen LogP contribution is -2.50. The number of imidazole rings is 1. The van der Waals surface area contributed by atoms with Gasteiger partial charge in [0.2, 0.25) is 0 Å². The van der Waals surface area contributed by atoms with Crippen molar-refractivity contribution >= 4 is 23.9 Å². The Labute approximate surface area is 155 Å². The maximum Gasteiger partial charge on any atom is 0.321 e. The lowest BCUT2D eigenvalue weighted by Gasteiger charge is -2.18. The second-order valence-corrected chi connectivity index (χ2v) is 6.04. The first-order valence-electron chi connectivity index (χ1n) is 8.19. The molecule has 0 bridgehead atoms. The molecule has 2 aromatic rings. The molecule has 0 saturated carbocycles. The van der Waals surface area contributed by atoms with Crippen molar-refractivity contribution in [3.05, 3.63) is 53.6 Å². The predicted molar refractivity (Wildman–Crippen MR) is 94.9 cm³/mol. The van der Waals surface area contributed by atoms with Crippen LogP contribution in [0.1, 0.15) is 28.8 Å². The monoisotopic (exact) mass is 372 g/mol. The Morgan fingerprint density at radius 2 is 1.96 bits per heavy atom. The summed E-state index contributed by atoms with van der Waals surface area (Å²) in [6.07, 6.45) is 2.24. The van der Waals surface area contributed by atoms with Crippen molar-refractivity contribution in [3.8, 4) is 0 Å². The zero-order valence-electron chi connectivity index (χ0n) is 14.6. The Morgan fingerprint density at radius 1 is 1.30 bits per heavy atom. The van der Waals surface area contributed by atoms with Gasteiger partial charge in [0.15, 0.2) is 11.6 Å². The van der Waals surface area contributed by atoms with Gasteiger partial charge < -0.3 is 25.9 Å². The molecule has 1 aromatic carbocycles. The van der Waals surface area contributed by atoms with Gasteiger partial charge >= 0.3 is 5.97 Å². The van der Waals surface area contributed by atoms with Crippen LogP contribution >= 0.6 is 0 Å². The summed E-state index contributed by atoms with van der Waals surface area (Å²) < 4.78 is 0. The first-order valence-corrected chi connectivity index (χ1v) is 8.19. The Balaban J connectivity index is 2.01. The molecular weight excluding hydrogens is 352 g/mol. The van der Waals surface area contributed by atoms with Crippen LogP contribution in [0.3, 0.4) is 0 Å². The van der Waals surface area contributed by atoms with Crippen LogP contribution in [0.15, 0.2) is 36.5 Å². The summed E-state index contributed by atoms with van der Waals surface area (Å²) in [5, 5.41) is 11.3. The number of aliphatic carboxylic acids is 1. The van der Waals surface area contributed by atoms with Crippen LogP contribution in [0.2, 0.25) is 0 Å². The van der Waals surface area contributed by atoms with E-state index in [0.717, 1.165) is 5.56 Å². The highest BCUT2D eigenvalue weighted by Gasteiger charge is 2.34. The third kappa shape index (κ3) is 5.08. The number of nitrogens with two attached hydrogens (primary N) is 1. The van der Waals surface area contributed by atoms with E-state index in [1.807, 2.05) is 30.3 Å². The zero-order chi connectivity index (χ0) is 20.0. The number of Topliss-reactive ketones (excluding diaryl/α,β-unsaturated/α-hetero) is 1. The molecule has 3 atom stereocenters. The number of carboxylic acid groups (broad SMARTS) is 1. The largest absolute Gasteiger partial charge is 0.480 e. The Hall–Kier alpha value is -3.33. The van der Waals surface area contributed by atoms with E-state index in [1.165, 1.54) is 13.1 Å². The quantitative estimate of drug-likeness (QED) is 0.354. The van der Waals surface area contributed by atoms with Crippen molar-refractivity contribution in [2.24, 2.45) is 11.7 Å². The van der Waals surface area contributed by atoms with E-state index in [9.17, 15) is 19.2 Å². The second kappa shape index (κ2) is 8.86. The third-order valence-electron chi connectivity index (χ3n) is 4.00. The molecule has 9 nitrogen and oxygen atoms in total. The molecule has 0 aliphatic heterocycles. The van der Waals surface area contributed by atoms with Crippen LogP contribution in [0.25, 0.3) is 0 Å². The van der Waals surface area contributed by atoms with Gasteiger partial charge in [-0.1, -0.05) is 30.3 Å². The molecule has 1 aromatic heterocycles. The summed E-state index contributed by atoms with van der Waals surface area (Å²) in [4.78, 5) is 53.2. The third-order valence-corrected chi connectivity index (χ3v) is 4.00. The summed E-state index contributed by atoms with van der Waals surface area (Å²) >= 11 is 0. The molecule has 2 rings (SSSR count). The molecule has 0 fully saturated rings. The van der Waals surface area contributed by atoms with Crippen molar-refractivity contribution in [1.82, 2.24) is 15.3 Å². The normalized spacial score (nSPS) is 14.0. The van der Waals surface area contributed by atoms with E-state index in [0.29, 0.717) is 12.1 Å². The Bertz CT molecular complexity index is 833. The molecule has 9 heteroatoms. The standard InChI is InChI=1S/C18H20N4O5/c1-10(15(24)13(9-23)14(19)18(26)27)21-17(25)16-20-8-12(22-16)7-11-5-3-2-4-6-11/h2-6,8-10,13-14H,7,19H2,1H3,(H,20,22)(H,21,25)(H,26,27). The molecule has 27 heavy (non-hydrogen) atoms. The Morgan fingerprint density at radius 3 is 2.56 bits per heavy atom. The summed E-state index contributed by atoms with van der Waals surface area (Å²) in [7, 11) is 0. The summed E-state index contributed by atoms with van der Waals surface area (Å²) in [5.41, 5.74) is 7.09. The van der Waals surface area contributed by atoms with Gasteiger partial charge in [0.05, 0.1) is 6.04 Å². The molecule has 0 saturated heterocycles. The minimum atomic E-state index is -1.67. The number of amides is 1. The number of aldehydes is 1. The summed E-state index contributed by atoms with van der Waals surface area (Å²) in [6, 6.07) is 6.79. The molecule has 0 aliphatic rings. The summed E-state index contributed by atoms with van der Waals surface area (Å²) in [5.74, 6) is -4.46. The van der Waals surface area contributed by atoms with E-state index in [4.69, 9.17) is 10.8 Å². The fourth-order valence-corrected chi connectivity index (χ4v) is 2.49. The molecule has 1 heterocycles. The first-order chi connectivity index (χ1) is 12.8. The van der Waals surface area contributed by atoms with Gasteiger partial charge in [-0.05, 0) is 12.5 Å².